The van der Waals surface area contributed by atoms with E-state index in [2.05, 4.69) is 14.9 Å². The van der Waals surface area contributed by atoms with Gasteiger partial charge in [-0.3, -0.25) is 9.69 Å². The summed E-state index contributed by atoms with van der Waals surface area (Å²) in [5.41, 5.74) is 4.15. The summed E-state index contributed by atoms with van der Waals surface area (Å²) in [5.74, 6) is -0.504. The number of carbonyl (C=O) groups is 2. The maximum atomic E-state index is 13.5. The Morgan fingerprint density at radius 2 is 1.88 bits per heavy atom. The van der Waals surface area contributed by atoms with Gasteiger partial charge in [-0.25, -0.2) is 4.79 Å². The third-order valence-corrected chi connectivity index (χ3v) is 6.65. The molecule has 0 fully saturated rings. The summed E-state index contributed by atoms with van der Waals surface area (Å²) < 4.78 is 23.4. The number of rotatable bonds is 13. The van der Waals surface area contributed by atoms with Gasteiger partial charge in [0.15, 0.2) is 0 Å². The molecular weight excluding hydrogens is 512 g/mol. The Morgan fingerprint density at radius 1 is 1.07 bits per heavy atom. The van der Waals surface area contributed by atoms with Gasteiger partial charge in [0.1, 0.15) is 12.4 Å². The number of fused-ring (bicyclic) bond motifs is 1. The molecule has 0 bridgehead atoms. The van der Waals surface area contributed by atoms with Gasteiger partial charge < -0.3 is 23.2 Å². The lowest BCUT2D eigenvalue weighted by molar-refractivity contribution is -0.118. The lowest BCUT2D eigenvalue weighted by Gasteiger charge is -2.19. The minimum atomic E-state index is -0.763. The van der Waals surface area contributed by atoms with Crippen molar-refractivity contribution in [2.24, 2.45) is 7.05 Å². The van der Waals surface area contributed by atoms with Gasteiger partial charge in [0.2, 0.25) is 5.91 Å². The van der Waals surface area contributed by atoms with Crippen LogP contribution in [0.25, 0.3) is 10.9 Å². The Kier molecular flexibility index (Phi) is 9.56. The zero-order chi connectivity index (χ0) is 28.5. The Hall–Kier alpha value is -4.60. The number of carbonyl (C=O) groups excluding carboxylic acids is 2. The first-order chi connectivity index (χ1) is 19.4. The molecule has 0 saturated carbocycles. The number of amides is 1. The molecule has 0 radical (unpaired) electrons. The van der Waals surface area contributed by atoms with Crippen LogP contribution in [0.3, 0.4) is 0 Å². The van der Waals surface area contributed by atoms with Crippen molar-refractivity contribution in [3.8, 4) is 5.75 Å². The van der Waals surface area contributed by atoms with Gasteiger partial charge in [-0.15, -0.1) is 0 Å². The second kappa shape index (κ2) is 13.5. The maximum Gasteiger partial charge on any atom is 0.396 e. The third-order valence-electron chi connectivity index (χ3n) is 6.65. The van der Waals surface area contributed by atoms with Crippen molar-refractivity contribution >= 4 is 28.8 Å². The number of aryl methyl sites for hydroxylation is 2. The zero-order valence-electron chi connectivity index (χ0n) is 23.3. The van der Waals surface area contributed by atoms with Crippen molar-refractivity contribution in [3.63, 3.8) is 0 Å². The van der Waals surface area contributed by atoms with E-state index in [-0.39, 0.29) is 30.8 Å². The van der Waals surface area contributed by atoms with E-state index in [1.54, 1.807) is 13.4 Å². The van der Waals surface area contributed by atoms with Gasteiger partial charge >= 0.3 is 17.9 Å². The largest absolute Gasteiger partial charge is 0.497 e. The fourth-order valence-electron chi connectivity index (χ4n) is 4.38. The molecule has 0 atom stereocenters. The average Bonchev–Trinajstić information content (AvgIpc) is 3.59. The second-order valence-electron chi connectivity index (χ2n) is 9.25. The highest BCUT2D eigenvalue weighted by Crippen LogP contribution is 2.27. The van der Waals surface area contributed by atoms with Crippen molar-refractivity contribution in [1.82, 2.24) is 14.8 Å². The van der Waals surface area contributed by atoms with Crippen LogP contribution in [0.4, 0.5) is 6.01 Å². The SMILES string of the molecule is CC/C(=C/OCc1ccccc1)CCN(C(=O)CCc1cn(C)c2cc(OC)ccc12)c1nnc(C(=O)OC)o1. The summed E-state index contributed by atoms with van der Waals surface area (Å²) in [6, 6.07) is 15.7. The van der Waals surface area contributed by atoms with Gasteiger partial charge in [0.05, 0.1) is 26.0 Å². The average molecular weight is 547 g/mol. The highest BCUT2D eigenvalue weighted by atomic mass is 16.5. The fourth-order valence-corrected chi connectivity index (χ4v) is 4.38. The van der Waals surface area contributed by atoms with Gasteiger partial charge in [0, 0.05) is 37.7 Å². The number of methoxy groups -OCH3 is 2. The molecule has 4 rings (SSSR count). The van der Waals surface area contributed by atoms with Crippen LogP contribution in [-0.4, -0.2) is 47.4 Å². The molecule has 2 aromatic heterocycles. The number of hydrogen-bond donors (Lipinski definition) is 0. The minimum Gasteiger partial charge on any atom is -0.497 e. The molecule has 0 aliphatic carbocycles. The fraction of sp³-hybridized carbons (Fsp3) is 0.333. The second-order valence-corrected chi connectivity index (χ2v) is 9.25. The van der Waals surface area contributed by atoms with Crippen LogP contribution in [0.2, 0.25) is 0 Å². The van der Waals surface area contributed by atoms with Crippen molar-refractivity contribution in [2.45, 2.75) is 39.2 Å². The topological polar surface area (TPSA) is 109 Å². The number of aromatic nitrogens is 3. The highest BCUT2D eigenvalue weighted by molar-refractivity contribution is 5.93. The third kappa shape index (κ3) is 6.88. The summed E-state index contributed by atoms with van der Waals surface area (Å²) in [5, 5.41) is 8.77. The molecule has 1 amide bonds. The Bertz CT molecular complexity index is 1470. The van der Waals surface area contributed by atoms with Crippen LogP contribution in [0.5, 0.6) is 5.75 Å². The van der Waals surface area contributed by atoms with E-state index in [1.165, 1.54) is 12.0 Å². The van der Waals surface area contributed by atoms with E-state index in [4.69, 9.17) is 13.9 Å². The van der Waals surface area contributed by atoms with Crippen LogP contribution in [0.15, 0.2) is 71.0 Å². The minimum absolute atomic E-state index is 0.0475. The number of nitrogens with zero attached hydrogens (tertiary/aromatic N) is 4. The predicted octanol–water partition coefficient (Wildman–Crippen LogP) is 5.22. The Morgan fingerprint density at radius 3 is 2.60 bits per heavy atom. The molecule has 0 aliphatic rings. The van der Waals surface area contributed by atoms with Crippen molar-refractivity contribution in [2.75, 3.05) is 25.7 Å². The van der Waals surface area contributed by atoms with Crippen LogP contribution in [0, 0.1) is 0 Å². The number of ether oxygens (including phenoxy) is 3. The van der Waals surface area contributed by atoms with Gasteiger partial charge in [-0.1, -0.05) is 47.5 Å². The van der Waals surface area contributed by atoms with E-state index in [0.29, 0.717) is 19.4 Å². The summed E-state index contributed by atoms with van der Waals surface area (Å²) >= 11 is 0. The standard InChI is InChI=1S/C30H34N4O6/c1-5-21(19-39-20-22-9-7-6-8-10-22)15-16-34(30-32-31-28(40-30)29(36)38-4)27(35)14-11-23-18-33(2)26-17-24(37-3)12-13-25(23)26/h6-10,12-13,17-19H,5,11,14-16,20H2,1-4H3/b21-19-. The molecule has 10 nitrogen and oxygen atoms in total. The van der Waals surface area contributed by atoms with E-state index in [9.17, 15) is 9.59 Å². The van der Waals surface area contributed by atoms with Crippen molar-refractivity contribution < 1.29 is 28.2 Å². The number of benzene rings is 2. The van der Waals surface area contributed by atoms with E-state index in [1.807, 2.05) is 73.3 Å². The van der Waals surface area contributed by atoms with Crippen LogP contribution in [0.1, 0.15) is 48.0 Å². The first kappa shape index (κ1) is 28.4. The predicted molar refractivity (Wildman–Crippen MR) is 150 cm³/mol. The molecule has 0 aliphatic heterocycles. The molecule has 0 spiro atoms. The van der Waals surface area contributed by atoms with Crippen LogP contribution >= 0.6 is 0 Å². The number of esters is 1. The highest BCUT2D eigenvalue weighted by Gasteiger charge is 2.25. The first-order valence-corrected chi connectivity index (χ1v) is 13.1. The Labute approximate surface area is 233 Å². The molecule has 4 aromatic rings. The normalized spacial score (nSPS) is 11.4. The van der Waals surface area contributed by atoms with E-state index >= 15 is 0 Å². The molecular formula is C30H34N4O6. The van der Waals surface area contributed by atoms with E-state index < -0.39 is 5.97 Å². The van der Waals surface area contributed by atoms with Crippen LogP contribution < -0.4 is 9.64 Å². The van der Waals surface area contributed by atoms with Gasteiger partial charge in [-0.05, 0) is 48.1 Å². The molecule has 0 N–H and O–H groups in total. The number of anilines is 1. The smallest absolute Gasteiger partial charge is 0.396 e. The molecule has 40 heavy (non-hydrogen) atoms. The molecule has 10 heteroatoms. The van der Waals surface area contributed by atoms with Gasteiger partial charge in [-0.2, -0.15) is 0 Å². The lowest BCUT2D eigenvalue weighted by atomic mass is 10.1. The molecule has 0 saturated heterocycles. The van der Waals surface area contributed by atoms with Crippen molar-refractivity contribution in [3.05, 3.63) is 83.6 Å². The molecule has 0 unspecified atom stereocenters. The summed E-state index contributed by atoms with van der Waals surface area (Å²) in [7, 11) is 4.82. The Balaban J connectivity index is 1.48. The van der Waals surface area contributed by atoms with Gasteiger partial charge in [0.25, 0.3) is 0 Å². The first-order valence-electron chi connectivity index (χ1n) is 13.1. The molecule has 2 aromatic carbocycles. The molecule has 210 valence electrons. The maximum absolute atomic E-state index is 13.5. The quantitative estimate of drug-likeness (QED) is 0.166. The summed E-state index contributed by atoms with van der Waals surface area (Å²) in [6.07, 6.45) is 5.75. The lowest BCUT2D eigenvalue weighted by Crippen LogP contribution is -2.32. The van der Waals surface area contributed by atoms with E-state index in [0.717, 1.165) is 39.8 Å². The molecule has 2 heterocycles. The number of hydrogen-bond acceptors (Lipinski definition) is 8. The summed E-state index contributed by atoms with van der Waals surface area (Å²) in [6.45, 7) is 2.76. The van der Waals surface area contributed by atoms with Crippen LogP contribution in [-0.2, 0) is 34.3 Å². The van der Waals surface area contributed by atoms with Crippen molar-refractivity contribution in [1.29, 1.82) is 0 Å². The zero-order valence-corrected chi connectivity index (χ0v) is 23.3. The monoisotopic (exact) mass is 546 g/mol. The summed E-state index contributed by atoms with van der Waals surface area (Å²) in [4.78, 5) is 26.8.